The first-order valence-corrected chi connectivity index (χ1v) is 7.93. The zero-order valence-electron chi connectivity index (χ0n) is 13.1. The minimum atomic E-state index is 0.149. The molecule has 1 amide bonds. The van der Waals surface area contributed by atoms with Gasteiger partial charge in [0.25, 0.3) is 0 Å². The van der Waals surface area contributed by atoms with Crippen LogP contribution in [0.15, 0.2) is 0 Å². The van der Waals surface area contributed by atoms with E-state index in [0.717, 1.165) is 19.0 Å². The van der Waals surface area contributed by atoms with Crippen LogP contribution >= 0.6 is 0 Å². The van der Waals surface area contributed by atoms with E-state index in [2.05, 4.69) is 23.6 Å². The highest BCUT2D eigenvalue weighted by Crippen LogP contribution is 2.40. The molecule has 2 saturated heterocycles. The fourth-order valence-electron chi connectivity index (χ4n) is 3.62. The Balaban J connectivity index is 1.85. The molecule has 3 nitrogen and oxygen atoms in total. The van der Waals surface area contributed by atoms with Crippen molar-refractivity contribution in [1.29, 1.82) is 0 Å². The number of nitrogens with zero attached hydrogens (tertiary/aromatic N) is 2. The fourth-order valence-corrected chi connectivity index (χ4v) is 3.62. The fraction of sp³-hybridized carbons (Fsp3) is 0.938. The Morgan fingerprint density at radius 3 is 2.16 bits per heavy atom. The minimum absolute atomic E-state index is 0.149. The molecule has 0 saturated carbocycles. The van der Waals surface area contributed by atoms with Gasteiger partial charge >= 0.3 is 0 Å². The van der Waals surface area contributed by atoms with E-state index in [-0.39, 0.29) is 5.92 Å². The molecule has 2 fully saturated rings. The molecule has 0 aromatic heterocycles. The monoisotopic (exact) mass is 266 g/mol. The number of carbonyl (C=O) groups is 1. The van der Waals surface area contributed by atoms with Gasteiger partial charge < -0.3 is 9.80 Å². The van der Waals surface area contributed by atoms with Gasteiger partial charge in [-0.1, -0.05) is 27.7 Å². The highest BCUT2D eigenvalue weighted by atomic mass is 16.2. The lowest BCUT2D eigenvalue weighted by Gasteiger charge is -2.40. The molecule has 110 valence electrons. The molecule has 0 unspecified atom stereocenters. The number of hydrogen-bond donors (Lipinski definition) is 0. The van der Waals surface area contributed by atoms with Crippen molar-refractivity contribution in [3.8, 4) is 0 Å². The quantitative estimate of drug-likeness (QED) is 0.784. The first-order chi connectivity index (χ1) is 8.92. The highest BCUT2D eigenvalue weighted by Gasteiger charge is 2.42. The molecule has 0 aliphatic carbocycles. The first kappa shape index (κ1) is 14.8. The van der Waals surface area contributed by atoms with Crippen LogP contribution in [0.5, 0.6) is 0 Å². The van der Waals surface area contributed by atoms with Gasteiger partial charge in [0.2, 0.25) is 5.91 Å². The Morgan fingerprint density at radius 1 is 1.05 bits per heavy atom. The van der Waals surface area contributed by atoms with E-state index in [4.69, 9.17) is 0 Å². The largest absolute Gasteiger partial charge is 0.342 e. The van der Waals surface area contributed by atoms with Crippen molar-refractivity contribution in [2.24, 2.45) is 17.3 Å². The van der Waals surface area contributed by atoms with Crippen LogP contribution in [0.2, 0.25) is 0 Å². The molecule has 3 heteroatoms. The van der Waals surface area contributed by atoms with Crippen LogP contribution in [-0.4, -0.2) is 48.4 Å². The number of piperidine rings is 1. The lowest BCUT2D eigenvalue weighted by molar-refractivity contribution is -0.133. The maximum atomic E-state index is 12.1. The SMILES string of the molecule is CC(C)CN1CCC2(CC1)CCN(C(=O)C(C)C)C2. The molecule has 0 aromatic rings. The van der Waals surface area contributed by atoms with Gasteiger partial charge in [0, 0.05) is 25.6 Å². The highest BCUT2D eigenvalue weighted by molar-refractivity contribution is 5.78. The lowest BCUT2D eigenvalue weighted by Crippen LogP contribution is -2.43. The molecule has 0 N–H and O–H groups in total. The van der Waals surface area contributed by atoms with Crippen LogP contribution in [0.25, 0.3) is 0 Å². The summed E-state index contributed by atoms with van der Waals surface area (Å²) in [6.07, 6.45) is 3.78. The van der Waals surface area contributed by atoms with Crippen LogP contribution in [0.3, 0.4) is 0 Å². The van der Waals surface area contributed by atoms with Crippen LogP contribution < -0.4 is 0 Å². The molecule has 2 heterocycles. The molecule has 2 aliphatic rings. The Bertz CT molecular complexity index is 317. The van der Waals surface area contributed by atoms with Crippen molar-refractivity contribution in [3.63, 3.8) is 0 Å². The summed E-state index contributed by atoms with van der Waals surface area (Å²) < 4.78 is 0. The van der Waals surface area contributed by atoms with Gasteiger partial charge in [0.05, 0.1) is 0 Å². The summed E-state index contributed by atoms with van der Waals surface area (Å²) >= 11 is 0. The Labute approximate surface area is 118 Å². The number of carbonyl (C=O) groups excluding carboxylic acids is 1. The van der Waals surface area contributed by atoms with Gasteiger partial charge in [-0.2, -0.15) is 0 Å². The second-order valence-electron chi connectivity index (χ2n) is 7.36. The van der Waals surface area contributed by atoms with E-state index in [1.807, 2.05) is 13.8 Å². The van der Waals surface area contributed by atoms with Crippen LogP contribution in [-0.2, 0) is 4.79 Å². The number of amides is 1. The third-order valence-corrected chi connectivity index (χ3v) is 4.78. The molecular weight excluding hydrogens is 236 g/mol. The summed E-state index contributed by atoms with van der Waals surface area (Å²) in [5, 5.41) is 0. The van der Waals surface area contributed by atoms with Gasteiger partial charge in [0.1, 0.15) is 0 Å². The Morgan fingerprint density at radius 2 is 1.63 bits per heavy atom. The summed E-state index contributed by atoms with van der Waals surface area (Å²) in [6.45, 7) is 14.3. The van der Waals surface area contributed by atoms with Gasteiger partial charge in [-0.05, 0) is 43.7 Å². The molecule has 2 aliphatic heterocycles. The standard InChI is InChI=1S/C16H30N2O/c1-13(2)11-17-8-5-16(6-9-17)7-10-18(12-16)15(19)14(3)4/h13-14H,5-12H2,1-4H3. The second kappa shape index (κ2) is 5.82. The van der Waals surface area contributed by atoms with E-state index in [1.54, 1.807) is 0 Å². The molecule has 0 radical (unpaired) electrons. The maximum absolute atomic E-state index is 12.1. The number of likely N-dealkylation sites (tertiary alicyclic amines) is 2. The van der Waals surface area contributed by atoms with Crippen LogP contribution in [0.1, 0.15) is 47.0 Å². The smallest absolute Gasteiger partial charge is 0.225 e. The normalized spacial score (nSPS) is 23.8. The van der Waals surface area contributed by atoms with E-state index < -0.39 is 0 Å². The lowest BCUT2D eigenvalue weighted by atomic mass is 9.77. The topological polar surface area (TPSA) is 23.6 Å². The van der Waals surface area contributed by atoms with E-state index >= 15 is 0 Å². The summed E-state index contributed by atoms with van der Waals surface area (Å²) in [4.78, 5) is 16.8. The summed E-state index contributed by atoms with van der Waals surface area (Å²) in [5.41, 5.74) is 0.442. The molecule has 0 atom stereocenters. The van der Waals surface area contributed by atoms with Crippen molar-refractivity contribution in [1.82, 2.24) is 9.80 Å². The van der Waals surface area contributed by atoms with Gasteiger partial charge in [-0.25, -0.2) is 0 Å². The molecule has 19 heavy (non-hydrogen) atoms. The molecule has 1 spiro atoms. The van der Waals surface area contributed by atoms with Crippen molar-refractivity contribution < 1.29 is 4.79 Å². The third-order valence-electron chi connectivity index (χ3n) is 4.78. The van der Waals surface area contributed by atoms with Gasteiger partial charge in [-0.15, -0.1) is 0 Å². The van der Waals surface area contributed by atoms with Gasteiger partial charge in [0.15, 0.2) is 0 Å². The maximum Gasteiger partial charge on any atom is 0.225 e. The first-order valence-electron chi connectivity index (χ1n) is 7.93. The summed E-state index contributed by atoms with van der Waals surface area (Å²) in [6, 6.07) is 0. The second-order valence-corrected chi connectivity index (χ2v) is 7.36. The van der Waals surface area contributed by atoms with Gasteiger partial charge in [-0.3, -0.25) is 4.79 Å². The van der Waals surface area contributed by atoms with Crippen molar-refractivity contribution in [2.45, 2.75) is 47.0 Å². The molecule has 0 bridgehead atoms. The van der Waals surface area contributed by atoms with Crippen LogP contribution in [0.4, 0.5) is 0 Å². The Kier molecular flexibility index (Phi) is 4.54. The van der Waals surface area contributed by atoms with E-state index in [0.29, 0.717) is 11.3 Å². The third kappa shape index (κ3) is 3.50. The zero-order valence-corrected chi connectivity index (χ0v) is 13.1. The molecule has 0 aromatic carbocycles. The van der Waals surface area contributed by atoms with E-state index in [9.17, 15) is 4.79 Å². The van der Waals surface area contributed by atoms with Crippen molar-refractivity contribution >= 4 is 5.91 Å². The van der Waals surface area contributed by atoms with E-state index in [1.165, 1.54) is 38.9 Å². The van der Waals surface area contributed by atoms with Crippen molar-refractivity contribution in [2.75, 3.05) is 32.7 Å². The Hall–Kier alpha value is -0.570. The summed E-state index contributed by atoms with van der Waals surface area (Å²) in [5.74, 6) is 1.26. The number of rotatable bonds is 3. The number of hydrogen-bond acceptors (Lipinski definition) is 2. The predicted molar refractivity (Wildman–Crippen MR) is 79.0 cm³/mol. The molecular formula is C16H30N2O. The van der Waals surface area contributed by atoms with Crippen molar-refractivity contribution in [3.05, 3.63) is 0 Å². The summed E-state index contributed by atoms with van der Waals surface area (Å²) in [7, 11) is 0. The van der Waals surface area contributed by atoms with Crippen LogP contribution in [0, 0.1) is 17.3 Å². The average molecular weight is 266 g/mol. The minimum Gasteiger partial charge on any atom is -0.342 e. The predicted octanol–water partition coefficient (Wildman–Crippen LogP) is 2.61. The zero-order chi connectivity index (χ0) is 14.0. The average Bonchev–Trinajstić information content (AvgIpc) is 2.75. The molecule has 2 rings (SSSR count).